The lowest BCUT2D eigenvalue weighted by atomic mass is 10.1. The number of aromatic nitrogens is 3. The largest absolute Gasteiger partial charge is 0.367 e. The molecule has 0 saturated carbocycles. The summed E-state index contributed by atoms with van der Waals surface area (Å²) in [6, 6.07) is 9.49. The molecule has 23 heavy (non-hydrogen) atoms. The minimum atomic E-state index is -0.608. The van der Waals surface area contributed by atoms with Crippen molar-refractivity contribution in [1.82, 2.24) is 20.1 Å². The number of aryl methyl sites for hydroxylation is 1. The Morgan fingerprint density at radius 3 is 2.87 bits per heavy atom. The highest BCUT2D eigenvalue weighted by Crippen LogP contribution is 2.24. The number of hydrogen-bond acceptors (Lipinski definition) is 5. The molecule has 2 heterocycles. The van der Waals surface area contributed by atoms with Crippen molar-refractivity contribution in [2.45, 2.75) is 19.1 Å². The number of ether oxygens (including phenoxy) is 2. The lowest BCUT2D eigenvalue weighted by molar-refractivity contribution is -0.150. The first-order valence-electron chi connectivity index (χ1n) is 7.56. The number of morpholine rings is 1. The molecule has 7 nitrogen and oxygen atoms in total. The molecule has 1 saturated heterocycles. The third-order valence-electron chi connectivity index (χ3n) is 3.84. The van der Waals surface area contributed by atoms with Crippen molar-refractivity contribution in [3.63, 3.8) is 0 Å². The molecule has 1 amide bonds. The highest BCUT2D eigenvalue weighted by atomic mass is 16.5. The fourth-order valence-electron chi connectivity index (χ4n) is 2.68. The number of methoxy groups -OCH3 is 1. The third-order valence-corrected chi connectivity index (χ3v) is 3.84. The van der Waals surface area contributed by atoms with Crippen molar-refractivity contribution in [2.75, 3.05) is 26.8 Å². The Bertz CT molecular complexity index is 658. The lowest BCUT2D eigenvalue weighted by Gasteiger charge is -2.33. The number of hydrogen-bond donors (Lipinski definition) is 1. The molecule has 1 aromatic carbocycles. The number of carbonyl (C=O) groups is 1. The summed E-state index contributed by atoms with van der Waals surface area (Å²) in [6.45, 7) is 3.24. The summed E-state index contributed by atoms with van der Waals surface area (Å²) in [6.07, 6.45) is -0.922. The Morgan fingerprint density at radius 2 is 2.22 bits per heavy atom. The van der Waals surface area contributed by atoms with Crippen LogP contribution in [0.5, 0.6) is 0 Å². The Hall–Kier alpha value is -2.25. The average molecular weight is 316 g/mol. The van der Waals surface area contributed by atoms with Gasteiger partial charge in [-0.3, -0.25) is 9.89 Å². The van der Waals surface area contributed by atoms with Crippen LogP contribution >= 0.6 is 0 Å². The summed E-state index contributed by atoms with van der Waals surface area (Å²) < 4.78 is 11.1. The molecule has 122 valence electrons. The summed E-state index contributed by atoms with van der Waals surface area (Å²) in [5.74, 6) is 1.24. The second kappa shape index (κ2) is 6.89. The highest BCUT2D eigenvalue weighted by Gasteiger charge is 2.32. The summed E-state index contributed by atoms with van der Waals surface area (Å²) in [4.78, 5) is 18.9. The quantitative estimate of drug-likeness (QED) is 0.922. The average Bonchev–Trinajstić information content (AvgIpc) is 3.03. The van der Waals surface area contributed by atoms with Crippen LogP contribution in [0.25, 0.3) is 0 Å². The Kier molecular flexibility index (Phi) is 4.68. The lowest BCUT2D eigenvalue weighted by Crippen LogP contribution is -2.45. The smallest absolute Gasteiger partial charge is 0.256 e. The fourth-order valence-corrected chi connectivity index (χ4v) is 2.68. The normalized spacial score (nSPS) is 19.6. The van der Waals surface area contributed by atoms with Gasteiger partial charge in [-0.15, -0.1) is 0 Å². The van der Waals surface area contributed by atoms with E-state index in [2.05, 4.69) is 15.2 Å². The van der Waals surface area contributed by atoms with Gasteiger partial charge in [0.15, 0.2) is 11.9 Å². The van der Waals surface area contributed by atoms with E-state index < -0.39 is 6.10 Å². The van der Waals surface area contributed by atoms with Crippen molar-refractivity contribution in [2.24, 2.45) is 0 Å². The number of nitrogens with one attached hydrogen (secondary N) is 1. The van der Waals surface area contributed by atoms with E-state index in [1.54, 1.807) is 12.0 Å². The molecule has 3 rings (SSSR count). The third kappa shape index (κ3) is 3.40. The second-order valence-corrected chi connectivity index (χ2v) is 5.45. The van der Waals surface area contributed by atoms with Gasteiger partial charge in [-0.1, -0.05) is 30.3 Å². The molecule has 7 heteroatoms. The SMILES string of the molecule is CO[C@@H](C(=O)N1CCO[C@H](c2n[nH]c(C)n2)C1)c1ccccc1. The first-order chi connectivity index (χ1) is 11.2. The molecule has 1 N–H and O–H groups in total. The van der Waals surface area contributed by atoms with E-state index in [9.17, 15) is 4.79 Å². The van der Waals surface area contributed by atoms with Crippen LogP contribution in [0.4, 0.5) is 0 Å². The van der Waals surface area contributed by atoms with Gasteiger partial charge < -0.3 is 14.4 Å². The Labute approximate surface area is 134 Å². The van der Waals surface area contributed by atoms with Gasteiger partial charge in [0.05, 0.1) is 13.2 Å². The van der Waals surface area contributed by atoms with Gasteiger partial charge in [0.25, 0.3) is 5.91 Å². The van der Waals surface area contributed by atoms with E-state index in [0.29, 0.717) is 25.5 Å². The molecule has 0 radical (unpaired) electrons. The standard InChI is InChI=1S/C16H20N4O3/c1-11-17-15(19-18-11)13-10-20(8-9-23-13)16(21)14(22-2)12-6-4-3-5-7-12/h3-7,13-14H,8-10H2,1-2H3,(H,17,18,19)/t13-,14+/m0/s1. The van der Waals surface area contributed by atoms with E-state index in [4.69, 9.17) is 9.47 Å². The van der Waals surface area contributed by atoms with Crippen molar-refractivity contribution in [3.8, 4) is 0 Å². The summed E-state index contributed by atoms with van der Waals surface area (Å²) in [5.41, 5.74) is 0.844. The van der Waals surface area contributed by atoms with Crippen molar-refractivity contribution < 1.29 is 14.3 Å². The van der Waals surface area contributed by atoms with E-state index in [1.165, 1.54) is 0 Å². The zero-order valence-electron chi connectivity index (χ0n) is 13.2. The zero-order chi connectivity index (χ0) is 16.2. The van der Waals surface area contributed by atoms with Crippen LogP contribution < -0.4 is 0 Å². The molecule has 2 aromatic rings. The number of amides is 1. The van der Waals surface area contributed by atoms with Gasteiger partial charge >= 0.3 is 0 Å². The van der Waals surface area contributed by atoms with E-state index in [-0.39, 0.29) is 12.0 Å². The van der Waals surface area contributed by atoms with Gasteiger partial charge in [0.2, 0.25) is 0 Å². The van der Waals surface area contributed by atoms with Crippen LogP contribution in [0.3, 0.4) is 0 Å². The molecule has 0 spiro atoms. The number of carbonyl (C=O) groups excluding carboxylic acids is 1. The molecule has 0 unspecified atom stereocenters. The minimum absolute atomic E-state index is 0.0701. The zero-order valence-corrected chi connectivity index (χ0v) is 13.2. The maximum Gasteiger partial charge on any atom is 0.256 e. The Balaban J connectivity index is 1.73. The fraction of sp³-hybridized carbons (Fsp3) is 0.438. The number of nitrogens with zero attached hydrogens (tertiary/aromatic N) is 3. The van der Waals surface area contributed by atoms with Gasteiger partial charge in [-0.2, -0.15) is 5.10 Å². The molecule has 1 aliphatic heterocycles. The molecule has 0 bridgehead atoms. The second-order valence-electron chi connectivity index (χ2n) is 5.45. The number of rotatable bonds is 4. The van der Waals surface area contributed by atoms with Crippen molar-refractivity contribution in [1.29, 1.82) is 0 Å². The monoisotopic (exact) mass is 316 g/mol. The number of aromatic amines is 1. The van der Waals surface area contributed by atoms with Crippen LogP contribution in [-0.2, 0) is 14.3 Å². The predicted molar refractivity (Wildman–Crippen MR) is 82.6 cm³/mol. The molecular formula is C16H20N4O3. The van der Waals surface area contributed by atoms with E-state index in [0.717, 1.165) is 11.4 Å². The van der Waals surface area contributed by atoms with Crippen molar-refractivity contribution in [3.05, 3.63) is 47.5 Å². The topological polar surface area (TPSA) is 80.3 Å². The van der Waals surface area contributed by atoms with E-state index in [1.807, 2.05) is 37.3 Å². The maximum absolute atomic E-state index is 12.8. The summed E-state index contributed by atoms with van der Waals surface area (Å²) in [5, 5.41) is 6.93. The molecule has 1 aromatic heterocycles. The van der Waals surface area contributed by atoms with E-state index >= 15 is 0 Å². The van der Waals surface area contributed by atoms with Crippen LogP contribution in [-0.4, -0.2) is 52.8 Å². The number of H-pyrrole nitrogens is 1. The molecule has 0 aliphatic carbocycles. The Morgan fingerprint density at radius 1 is 1.43 bits per heavy atom. The summed E-state index contributed by atoms with van der Waals surface area (Å²) >= 11 is 0. The number of benzene rings is 1. The van der Waals surface area contributed by atoms with Crippen LogP contribution in [0.15, 0.2) is 30.3 Å². The van der Waals surface area contributed by atoms with Crippen molar-refractivity contribution >= 4 is 5.91 Å². The van der Waals surface area contributed by atoms with Gasteiger partial charge in [-0.25, -0.2) is 4.98 Å². The summed E-state index contributed by atoms with van der Waals surface area (Å²) in [7, 11) is 1.55. The maximum atomic E-state index is 12.8. The van der Waals surface area contributed by atoms with Crippen LogP contribution in [0.2, 0.25) is 0 Å². The van der Waals surface area contributed by atoms with Crippen LogP contribution in [0, 0.1) is 6.92 Å². The van der Waals surface area contributed by atoms with Gasteiger partial charge in [0, 0.05) is 13.7 Å². The molecule has 1 fully saturated rings. The first kappa shape index (κ1) is 15.6. The molecular weight excluding hydrogens is 296 g/mol. The minimum Gasteiger partial charge on any atom is -0.367 e. The first-order valence-corrected chi connectivity index (χ1v) is 7.56. The van der Waals surface area contributed by atoms with Gasteiger partial charge in [0.1, 0.15) is 11.9 Å². The molecule has 2 atom stereocenters. The van der Waals surface area contributed by atoms with Gasteiger partial charge in [-0.05, 0) is 12.5 Å². The predicted octanol–water partition coefficient (Wildman–Crippen LogP) is 1.40. The molecule has 1 aliphatic rings. The van der Waals surface area contributed by atoms with Crippen LogP contribution in [0.1, 0.15) is 29.4 Å². The highest BCUT2D eigenvalue weighted by molar-refractivity contribution is 5.82.